The summed E-state index contributed by atoms with van der Waals surface area (Å²) in [4.78, 5) is 27.9. The quantitative estimate of drug-likeness (QED) is 0.844. The highest BCUT2D eigenvalue weighted by molar-refractivity contribution is 6.21. The van der Waals surface area contributed by atoms with Gasteiger partial charge in [-0.3, -0.25) is 14.5 Å². The number of nitrogens with zero attached hydrogens (tertiary/aromatic N) is 2. The van der Waals surface area contributed by atoms with Gasteiger partial charge in [-0.25, -0.2) is 0 Å². The highest BCUT2D eigenvalue weighted by Gasteiger charge is 2.34. The van der Waals surface area contributed by atoms with Gasteiger partial charge in [0.2, 0.25) is 0 Å². The second-order valence-electron chi connectivity index (χ2n) is 5.76. The lowest BCUT2D eigenvalue weighted by Gasteiger charge is -2.30. The number of benzene rings is 1. The highest BCUT2D eigenvalue weighted by Crippen LogP contribution is 2.22. The van der Waals surface area contributed by atoms with Gasteiger partial charge in [0.05, 0.1) is 17.2 Å². The number of carbonyl (C=O) groups is 2. The molecule has 1 atom stereocenters. The third-order valence-electron chi connectivity index (χ3n) is 4.21. The molecule has 0 radical (unpaired) electrons. The highest BCUT2D eigenvalue weighted by atomic mass is 16.3. The molecule has 2 aliphatic rings. The van der Waals surface area contributed by atoms with Crippen LogP contribution >= 0.6 is 0 Å². The number of imide groups is 1. The van der Waals surface area contributed by atoms with Crippen LogP contribution in [0, 0.1) is 0 Å². The van der Waals surface area contributed by atoms with E-state index in [2.05, 4.69) is 4.90 Å². The molecule has 5 nitrogen and oxygen atoms in total. The number of rotatable bonds is 4. The number of piperidine rings is 1. The first-order valence-corrected chi connectivity index (χ1v) is 7.52. The van der Waals surface area contributed by atoms with Crippen LogP contribution in [-0.4, -0.2) is 59.0 Å². The normalized spacial score (nSPS) is 22.7. The molecule has 1 N–H and O–H groups in total. The smallest absolute Gasteiger partial charge is 0.261 e. The van der Waals surface area contributed by atoms with Crippen molar-refractivity contribution in [3.8, 4) is 0 Å². The molecular weight excluding hydrogens is 268 g/mol. The van der Waals surface area contributed by atoms with Gasteiger partial charge < -0.3 is 10.0 Å². The zero-order valence-corrected chi connectivity index (χ0v) is 12.0. The molecule has 0 spiro atoms. The molecule has 0 aromatic heterocycles. The van der Waals surface area contributed by atoms with E-state index in [0.717, 1.165) is 32.4 Å². The maximum absolute atomic E-state index is 12.2. The number of amides is 2. The van der Waals surface area contributed by atoms with Crippen molar-refractivity contribution in [2.75, 3.05) is 26.2 Å². The van der Waals surface area contributed by atoms with Gasteiger partial charge in [-0.05, 0) is 44.5 Å². The number of aliphatic hydroxyl groups excluding tert-OH is 1. The molecule has 2 aliphatic heterocycles. The van der Waals surface area contributed by atoms with Crippen LogP contribution in [0.1, 0.15) is 40.0 Å². The maximum Gasteiger partial charge on any atom is 0.261 e. The van der Waals surface area contributed by atoms with Crippen molar-refractivity contribution in [2.24, 2.45) is 0 Å². The monoisotopic (exact) mass is 288 g/mol. The number of fused-ring (bicyclic) bond motifs is 1. The van der Waals surface area contributed by atoms with E-state index in [-0.39, 0.29) is 17.9 Å². The van der Waals surface area contributed by atoms with E-state index in [0.29, 0.717) is 24.2 Å². The van der Waals surface area contributed by atoms with Gasteiger partial charge >= 0.3 is 0 Å². The molecule has 3 rings (SSSR count). The fourth-order valence-electron chi connectivity index (χ4n) is 3.13. The first-order chi connectivity index (χ1) is 10.2. The van der Waals surface area contributed by atoms with Crippen molar-refractivity contribution in [1.29, 1.82) is 0 Å². The largest absolute Gasteiger partial charge is 0.392 e. The Morgan fingerprint density at radius 1 is 1.10 bits per heavy atom. The van der Waals surface area contributed by atoms with E-state index in [1.807, 2.05) is 0 Å². The van der Waals surface area contributed by atoms with Gasteiger partial charge in [-0.15, -0.1) is 0 Å². The summed E-state index contributed by atoms with van der Waals surface area (Å²) in [5.74, 6) is -0.372. The fraction of sp³-hybridized carbons (Fsp3) is 0.500. The van der Waals surface area contributed by atoms with Crippen LogP contribution in [0.25, 0.3) is 0 Å². The predicted octanol–water partition coefficient (Wildman–Crippen LogP) is 1.13. The molecule has 2 amide bonds. The van der Waals surface area contributed by atoms with Crippen molar-refractivity contribution in [3.63, 3.8) is 0 Å². The molecule has 1 aromatic carbocycles. The number of likely N-dealkylation sites (tertiary alicyclic amines) is 1. The SMILES string of the molecule is O=C1c2ccccc2C(=O)N1CCCN1CCC[C@@H](O)C1. The molecule has 21 heavy (non-hydrogen) atoms. The van der Waals surface area contributed by atoms with Gasteiger partial charge in [-0.2, -0.15) is 0 Å². The molecule has 0 saturated carbocycles. The van der Waals surface area contributed by atoms with Crippen LogP contribution in [0.4, 0.5) is 0 Å². The minimum atomic E-state index is -0.238. The topological polar surface area (TPSA) is 60.9 Å². The van der Waals surface area contributed by atoms with Gasteiger partial charge in [0, 0.05) is 13.1 Å². The summed E-state index contributed by atoms with van der Waals surface area (Å²) in [5, 5.41) is 9.63. The summed E-state index contributed by atoms with van der Waals surface area (Å²) in [6.07, 6.45) is 2.39. The van der Waals surface area contributed by atoms with Crippen molar-refractivity contribution >= 4 is 11.8 Å². The fourth-order valence-corrected chi connectivity index (χ4v) is 3.13. The Labute approximate surface area is 124 Å². The molecule has 112 valence electrons. The zero-order chi connectivity index (χ0) is 14.8. The molecule has 0 aliphatic carbocycles. The first kappa shape index (κ1) is 14.2. The van der Waals surface area contributed by atoms with Crippen LogP contribution in [-0.2, 0) is 0 Å². The molecule has 1 fully saturated rings. The molecule has 5 heteroatoms. The number of β-amino-alcohol motifs (C(OH)–C–C–N with tert-alkyl or cyclic N) is 1. The minimum Gasteiger partial charge on any atom is -0.392 e. The molecule has 0 unspecified atom stereocenters. The van der Waals surface area contributed by atoms with Gasteiger partial charge in [0.25, 0.3) is 11.8 Å². The summed E-state index contributed by atoms with van der Waals surface area (Å²) >= 11 is 0. The summed E-state index contributed by atoms with van der Waals surface area (Å²) in [6.45, 7) is 2.94. The molecule has 0 bridgehead atoms. The lowest BCUT2D eigenvalue weighted by molar-refractivity contribution is 0.0592. The Morgan fingerprint density at radius 3 is 2.38 bits per heavy atom. The Morgan fingerprint density at radius 2 is 1.76 bits per heavy atom. The van der Waals surface area contributed by atoms with Crippen LogP contribution in [0.2, 0.25) is 0 Å². The first-order valence-electron chi connectivity index (χ1n) is 7.52. The standard InChI is InChI=1S/C16H20N2O3/c19-12-5-3-8-17(11-12)9-4-10-18-15(20)13-6-1-2-7-14(13)16(18)21/h1-2,6-7,12,19H,3-5,8-11H2/t12-/m1/s1. The number of hydrogen-bond donors (Lipinski definition) is 1. The van der Waals surface area contributed by atoms with Crippen molar-refractivity contribution in [3.05, 3.63) is 35.4 Å². The van der Waals surface area contributed by atoms with Crippen molar-refractivity contribution in [2.45, 2.75) is 25.4 Å². The number of aliphatic hydroxyl groups is 1. The van der Waals surface area contributed by atoms with E-state index in [9.17, 15) is 14.7 Å². The maximum atomic E-state index is 12.2. The van der Waals surface area contributed by atoms with Crippen LogP contribution < -0.4 is 0 Å². The Hall–Kier alpha value is -1.72. The minimum absolute atomic E-state index is 0.186. The molecule has 2 heterocycles. The Kier molecular flexibility index (Phi) is 4.03. The third kappa shape index (κ3) is 2.84. The zero-order valence-electron chi connectivity index (χ0n) is 12.0. The second kappa shape index (κ2) is 5.95. The average molecular weight is 288 g/mol. The van der Waals surface area contributed by atoms with E-state index >= 15 is 0 Å². The van der Waals surface area contributed by atoms with E-state index < -0.39 is 0 Å². The van der Waals surface area contributed by atoms with E-state index in [1.165, 1.54) is 4.90 Å². The van der Waals surface area contributed by atoms with Gasteiger partial charge in [0.1, 0.15) is 0 Å². The molecular formula is C16H20N2O3. The summed E-state index contributed by atoms with van der Waals surface area (Å²) in [5.41, 5.74) is 1.02. The summed E-state index contributed by atoms with van der Waals surface area (Å²) in [7, 11) is 0. The molecule has 1 aromatic rings. The lowest BCUT2D eigenvalue weighted by Crippen LogP contribution is -2.40. The number of carbonyl (C=O) groups excluding carboxylic acids is 2. The number of hydrogen-bond acceptors (Lipinski definition) is 4. The van der Waals surface area contributed by atoms with E-state index in [1.54, 1.807) is 24.3 Å². The van der Waals surface area contributed by atoms with Crippen molar-refractivity contribution < 1.29 is 14.7 Å². The summed E-state index contributed by atoms with van der Waals surface area (Å²) in [6, 6.07) is 6.97. The predicted molar refractivity (Wildman–Crippen MR) is 78.1 cm³/mol. The van der Waals surface area contributed by atoms with Gasteiger partial charge in [-0.1, -0.05) is 12.1 Å². The second-order valence-corrected chi connectivity index (χ2v) is 5.76. The van der Waals surface area contributed by atoms with Crippen LogP contribution in [0.15, 0.2) is 24.3 Å². The Bertz CT molecular complexity index is 523. The van der Waals surface area contributed by atoms with Crippen LogP contribution in [0.5, 0.6) is 0 Å². The molecule has 1 saturated heterocycles. The third-order valence-corrected chi connectivity index (χ3v) is 4.21. The average Bonchev–Trinajstić information content (AvgIpc) is 2.73. The van der Waals surface area contributed by atoms with E-state index in [4.69, 9.17) is 0 Å². The van der Waals surface area contributed by atoms with Crippen molar-refractivity contribution in [1.82, 2.24) is 9.80 Å². The lowest BCUT2D eigenvalue weighted by atomic mass is 10.1. The van der Waals surface area contributed by atoms with Crippen LogP contribution in [0.3, 0.4) is 0 Å². The summed E-state index contributed by atoms with van der Waals surface area (Å²) < 4.78 is 0. The Balaban J connectivity index is 1.55. The van der Waals surface area contributed by atoms with Gasteiger partial charge in [0.15, 0.2) is 0 Å².